The standard InChI is InChI=1S/C16H16F2O2/c1-20-16(12-5-3-2-4-6-12)15(19)10-11-7-8-13(17)14(18)9-11/h2-9,15-16,19H,10H2,1H3. The highest BCUT2D eigenvalue weighted by Crippen LogP contribution is 2.23. The molecular formula is C16H16F2O2. The number of ether oxygens (including phenoxy) is 1. The zero-order valence-electron chi connectivity index (χ0n) is 11.1. The van der Waals surface area contributed by atoms with E-state index < -0.39 is 23.8 Å². The smallest absolute Gasteiger partial charge is 0.159 e. The van der Waals surface area contributed by atoms with Crippen LogP contribution < -0.4 is 0 Å². The van der Waals surface area contributed by atoms with Crippen LogP contribution >= 0.6 is 0 Å². The lowest BCUT2D eigenvalue weighted by Gasteiger charge is -2.22. The van der Waals surface area contributed by atoms with Crippen molar-refractivity contribution in [3.8, 4) is 0 Å². The summed E-state index contributed by atoms with van der Waals surface area (Å²) in [5.41, 5.74) is 1.36. The topological polar surface area (TPSA) is 29.5 Å². The van der Waals surface area contributed by atoms with Crippen LogP contribution in [0.5, 0.6) is 0 Å². The van der Waals surface area contributed by atoms with Gasteiger partial charge in [0.1, 0.15) is 6.10 Å². The van der Waals surface area contributed by atoms with Crippen LogP contribution in [0.15, 0.2) is 48.5 Å². The molecule has 2 unspecified atom stereocenters. The van der Waals surface area contributed by atoms with Crippen molar-refractivity contribution in [3.63, 3.8) is 0 Å². The van der Waals surface area contributed by atoms with Gasteiger partial charge in [0.25, 0.3) is 0 Å². The molecule has 20 heavy (non-hydrogen) atoms. The van der Waals surface area contributed by atoms with Crippen molar-refractivity contribution in [3.05, 3.63) is 71.3 Å². The van der Waals surface area contributed by atoms with Crippen molar-refractivity contribution in [2.45, 2.75) is 18.6 Å². The molecule has 4 heteroatoms. The van der Waals surface area contributed by atoms with Crippen LogP contribution in [0.3, 0.4) is 0 Å². The number of rotatable bonds is 5. The van der Waals surface area contributed by atoms with Gasteiger partial charge in [0.2, 0.25) is 0 Å². The zero-order valence-corrected chi connectivity index (χ0v) is 11.1. The van der Waals surface area contributed by atoms with Crippen LogP contribution in [0.4, 0.5) is 8.78 Å². The minimum absolute atomic E-state index is 0.185. The Morgan fingerprint density at radius 2 is 1.75 bits per heavy atom. The van der Waals surface area contributed by atoms with Gasteiger partial charge in [-0.15, -0.1) is 0 Å². The summed E-state index contributed by atoms with van der Waals surface area (Å²) in [7, 11) is 1.51. The summed E-state index contributed by atoms with van der Waals surface area (Å²) in [6.07, 6.45) is -1.17. The van der Waals surface area contributed by atoms with Gasteiger partial charge in [-0.3, -0.25) is 0 Å². The Kier molecular flexibility index (Phi) is 4.82. The highest BCUT2D eigenvalue weighted by molar-refractivity contribution is 5.22. The quantitative estimate of drug-likeness (QED) is 0.909. The molecule has 0 aromatic heterocycles. The van der Waals surface area contributed by atoms with E-state index in [0.717, 1.165) is 17.7 Å². The number of halogens is 2. The average Bonchev–Trinajstić information content (AvgIpc) is 2.45. The Balaban J connectivity index is 2.13. The van der Waals surface area contributed by atoms with Crippen molar-refractivity contribution in [2.24, 2.45) is 0 Å². The number of hydrogen-bond acceptors (Lipinski definition) is 2. The van der Waals surface area contributed by atoms with Gasteiger partial charge in [0.05, 0.1) is 6.10 Å². The lowest BCUT2D eigenvalue weighted by Crippen LogP contribution is -2.22. The molecule has 0 fully saturated rings. The number of methoxy groups -OCH3 is 1. The summed E-state index contributed by atoms with van der Waals surface area (Å²) in [6.45, 7) is 0. The maximum atomic E-state index is 13.1. The summed E-state index contributed by atoms with van der Waals surface area (Å²) >= 11 is 0. The normalized spacial score (nSPS) is 14.0. The summed E-state index contributed by atoms with van der Waals surface area (Å²) in [5, 5.41) is 10.2. The number of benzene rings is 2. The van der Waals surface area contributed by atoms with Crippen LogP contribution in [-0.2, 0) is 11.2 Å². The molecule has 0 aliphatic heterocycles. The molecule has 1 N–H and O–H groups in total. The first-order chi connectivity index (χ1) is 9.61. The fourth-order valence-electron chi connectivity index (χ4n) is 2.17. The Labute approximate surface area is 116 Å². The summed E-state index contributed by atoms with van der Waals surface area (Å²) in [6, 6.07) is 12.9. The monoisotopic (exact) mass is 278 g/mol. The van der Waals surface area contributed by atoms with E-state index in [9.17, 15) is 13.9 Å². The second kappa shape index (κ2) is 6.59. The van der Waals surface area contributed by atoms with E-state index in [-0.39, 0.29) is 6.42 Å². The predicted molar refractivity (Wildman–Crippen MR) is 72.3 cm³/mol. The zero-order chi connectivity index (χ0) is 14.5. The number of aliphatic hydroxyl groups is 1. The van der Waals surface area contributed by atoms with Gasteiger partial charge >= 0.3 is 0 Å². The van der Waals surface area contributed by atoms with Crippen molar-refractivity contribution in [1.82, 2.24) is 0 Å². The number of aliphatic hydroxyl groups excluding tert-OH is 1. The molecule has 106 valence electrons. The number of hydrogen-bond donors (Lipinski definition) is 1. The molecule has 0 saturated carbocycles. The molecule has 0 spiro atoms. The molecule has 2 aromatic carbocycles. The van der Waals surface area contributed by atoms with Gasteiger partial charge in [-0.1, -0.05) is 36.4 Å². The Morgan fingerprint density at radius 3 is 2.35 bits per heavy atom. The summed E-state index contributed by atoms with van der Waals surface area (Å²) in [4.78, 5) is 0. The maximum Gasteiger partial charge on any atom is 0.159 e. The third-order valence-corrected chi connectivity index (χ3v) is 3.16. The lowest BCUT2D eigenvalue weighted by atomic mass is 9.98. The van der Waals surface area contributed by atoms with Crippen LogP contribution in [0.25, 0.3) is 0 Å². The maximum absolute atomic E-state index is 13.1. The second-order valence-corrected chi connectivity index (χ2v) is 4.59. The third-order valence-electron chi connectivity index (χ3n) is 3.16. The van der Waals surface area contributed by atoms with Gasteiger partial charge in [0.15, 0.2) is 11.6 Å². The van der Waals surface area contributed by atoms with Crippen LogP contribution in [0.2, 0.25) is 0 Å². The van der Waals surface area contributed by atoms with E-state index >= 15 is 0 Å². The first kappa shape index (κ1) is 14.6. The van der Waals surface area contributed by atoms with Crippen molar-refractivity contribution >= 4 is 0 Å². The predicted octanol–water partition coefficient (Wildman–Crippen LogP) is 3.26. The van der Waals surface area contributed by atoms with Gasteiger partial charge in [-0.25, -0.2) is 8.78 Å². The minimum atomic E-state index is -0.914. The van der Waals surface area contributed by atoms with Crippen molar-refractivity contribution in [1.29, 1.82) is 0 Å². The van der Waals surface area contributed by atoms with E-state index in [1.54, 1.807) is 0 Å². The van der Waals surface area contributed by atoms with E-state index in [2.05, 4.69) is 0 Å². The Bertz CT molecular complexity index is 558. The Morgan fingerprint density at radius 1 is 1.05 bits per heavy atom. The van der Waals surface area contributed by atoms with Gasteiger partial charge in [-0.05, 0) is 23.3 Å². The van der Waals surface area contributed by atoms with Crippen molar-refractivity contribution < 1.29 is 18.6 Å². The van der Waals surface area contributed by atoms with Crippen LogP contribution in [-0.4, -0.2) is 18.3 Å². The SMILES string of the molecule is COC(c1ccccc1)C(O)Cc1ccc(F)c(F)c1. The van der Waals surface area contributed by atoms with Gasteiger partial charge in [-0.2, -0.15) is 0 Å². The molecule has 0 amide bonds. The van der Waals surface area contributed by atoms with Crippen LogP contribution in [0, 0.1) is 11.6 Å². The third kappa shape index (κ3) is 3.40. The highest BCUT2D eigenvalue weighted by Gasteiger charge is 2.21. The van der Waals surface area contributed by atoms with Gasteiger partial charge < -0.3 is 9.84 Å². The van der Waals surface area contributed by atoms with E-state index in [1.165, 1.54) is 13.2 Å². The lowest BCUT2D eigenvalue weighted by molar-refractivity contribution is -0.0128. The van der Waals surface area contributed by atoms with E-state index in [1.807, 2.05) is 30.3 Å². The molecule has 0 radical (unpaired) electrons. The average molecular weight is 278 g/mol. The molecule has 2 rings (SSSR count). The molecule has 0 saturated heterocycles. The molecule has 2 atom stereocenters. The van der Waals surface area contributed by atoms with E-state index in [0.29, 0.717) is 5.56 Å². The molecule has 2 aromatic rings. The summed E-state index contributed by atoms with van der Waals surface area (Å²) in [5.74, 6) is -1.81. The molecule has 0 bridgehead atoms. The van der Waals surface area contributed by atoms with Crippen LogP contribution in [0.1, 0.15) is 17.2 Å². The molecule has 0 heterocycles. The van der Waals surface area contributed by atoms with E-state index in [4.69, 9.17) is 4.74 Å². The van der Waals surface area contributed by atoms with Gasteiger partial charge in [0, 0.05) is 13.5 Å². The minimum Gasteiger partial charge on any atom is -0.390 e. The fourth-order valence-corrected chi connectivity index (χ4v) is 2.17. The summed E-state index contributed by atoms with van der Waals surface area (Å²) < 4.78 is 31.3. The Hall–Kier alpha value is -1.78. The second-order valence-electron chi connectivity index (χ2n) is 4.59. The van der Waals surface area contributed by atoms with Crippen molar-refractivity contribution in [2.75, 3.05) is 7.11 Å². The molecule has 2 nitrogen and oxygen atoms in total. The fraction of sp³-hybridized carbons (Fsp3) is 0.250. The largest absolute Gasteiger partial charge is 0.390 e. The molecule has 0 aliphatic rings. The first-order valence-electron chi connectivity index (χ1n) is 6.31. The first-order valence-corrected chi connectivity index (χ1v) is 6.31. The molecule has 0 aliphatic carbocycles. The highest BCUT2D eigenvalue weighted by atomic mass is 19.2. The molecular weight excluding hydrogens is 262 g/mol.